The molecule has 3 heteroatoms. The van der Waals surface area contributed by atoms with E-state index in [0.717, 1.165) is 32.7 Å². The number of piperazine rings is 1. The van der Waals surface area contributed by atoms with Gasteiger partial charge in [0.2, 0.25) is 0 Å². The summed E-state index contributed by atoms with van der Waals surface area (Å²) in [5.74, 6) is 0. The molecule has 1 unspecified atom stereocenters. The lowest BCUT2D eigenvalue weighted by Crippen LogP contribution is -2.61. The van der Waals surface area contributed by atoms with Gasteiger partial charge in [0.25, 0.3) is 0 Å². The first kappa shape index (κ1) is 14.4. The maximum atomic E-state index is 3.61. The first-order valence-corrected chi connectivity index (χ1v) is 7.81. The molecule has 21 heavy (non-hydrogen) atoms. The molecule has 1 atom stereocenters. The average molecular weight is 283 g/mol. The summed E-state index contributed by atoms with van der Waals surface area (Å²) < 4.78 is 0. The zero-order valence-corrected chi connectivity index (χ0v) is 13.0. The van der Waals surface area contributed by atoms with Crippen LogP contribution in [0.2, 0.25) is 0 Å². The highest BCUT2D eigenvalue weighted by atomic mass is 15.4. The summed E-state index contributed by atoms with van der Waals surface area (Å²) in [6.07, 6.45) is 6.57. The Morgan fingerprint density at radius 1 is 1.10 bits per heavy atom. The molecular weight excluding hydrogens is 258 g/mol. The van der Waals surface area contributed by atoms with Crippen molar-refractivity contribution in [3.05, 3.63) is 59.8 Å². The molecule has 112 valence electrons. The van der Waals surface area contributed by atoms with E-state index in [1.54, 1.807) is 0 Å². The summed E-state index contributed by atoms with van der Waals surface area (Å²) in [6.45, 7) is 9.93. The van der Waals surface area contributed by atoms with Crippen LogP contribution in [0.15, 0.2) is 54.3 Å². The lowest BCUT2D eigenvalue weighted by atomic mass is 10.0. The van der Waals surface area contributed by atoms with Crippen molar-refractivity contribution in [2.24, 2.45) is 0 Å². The van der Waals surface area contributed by atoms with Gasteiger partial charge in [0.1, 0.15) is 5.66 Å². The maximum absolute atomic E-state index is 3.61. The van der Waals surface area contributed by atoms with E-state index < -0.39 is 0 Å². The molecule has 3 rings (SSSR count). The predicted octanol–water partition coefficient (Wildman–Crippen LogP) is 2.58. The van der Waals surface area contributed by atoms with Gasteiger partial charge in [0.15, 0.2) is 0 Å². The Morgan fingerprint density at radius 2 is 1.81 bits per heavy atom. The predicted molar refractivity (Wildman–Crippen MR) is 87.7 cm³/mol. The van der Waals surface area contributed by atoms with Gasteiger partial charge >= 0.3 is 0 Å². The maximum Gasteiger partial charge on any atom is 0.107 e. The Kier molecular flexibility index (Phi) is 4.13. The van der Waals surface area contributed by atoms with Gasteiger partial charge in [0, 0.05) is 38.4 Å². The van der Waals surface area contributed by atoms with E-state index in [0.29, 0.717) is 0 Å². The van der Waals surface area contributed by atoms with Crippen molar-refractivity contribution in [3.8, 4) is 0 Å². The van der Waals surface area contributed by atoms with Crippen LogP contribution in [0.1, 0.15) is 19.4 Å². The molecule has 3 nitrogen and oxygen atoms in total. The summed E-state index contributed by atoms with van der Waals surface area (Å²) in [5, 5.41) is 3.61. The fourth-order valence-electron chi connectivity index (χ4n) is 3.26. The van der Waals surface area contributed by atoms with Crippen LogP contribution >= 0.6 is 0 Å². The summed E-state index contributed by atoms with van der Waals surface area (Å²) >= 11 is 0. The number of allylic oxidation sites excluding steroid dienone is 3. The first-order valence-electron chi connectivity index (χ1n) is 7.81. The van der Waals surface area contributed by atoms with E-state index in [4.69, 9.17) is 0 Å². The topological polar surface area (TPSA) is 18.5 Å². The fourth-order valence-corrected chi connectivity index (χ4v) is 3.26. The number of dihydropyridines is 1. The molecule has 0 spiro atoms. The number of nitrogens with one attached hydrogen (secondary N) is 1. The smallest absolute Gasteiger partial charge is 0.107 e. The van der Waals surface area contributed by atoms with Crippen LogP contribution < -0.4 is 5.32 Å². The zero-order valence-electron chi connectivity index (χ0n) is 13.0. The van der Waals surface area contributed by atoms with Crippen molar-refractivity contribution in [2.75, 3.05) is 26.2 Å². The van der Waals surface area contributed by atoms with Gasteiger partial charge in [-0.15, -0.1) is 0 Å². The largest absolute Gasteiger partial charge is 0.368 e. The second kappa shape index (κ2) is 6.04. The monoisotopic (exact) mass is 283 g/mol. The quantitative estimate of drug-likeness (QED) is 0.920. The molecule has 1 aromatic carbocycles. The second-order valence-corrected chi connectivity index (χ2v) is 6.23. The lowest BCUT2D eigenvalue weighted by Gasteiger charge is -2.46. The molecule has 1 N–H and O–H groups in total. The van der Waals surface area contributed by atoms with Crippen LogP contribution in [0.4, 0.5) is 0 Å². The normalized spacial score (nSPS) is 27.2. The number of benzene rings is 1. The van der Waals surface area contributed by atoms with Crippen molar-refractivity contribution in [1.82, 2.24) is 15.1 Å². The lowest BCUT2D eigenvalue weighted by molar-refractivity contribution is 0.0511. The average Bonchev–Trinajstić information content (AvgIpc) is 2.49. The highest BCUT2D eigenvalue weighted by molar-refractivity contribution is 5.23. The van der Waals surface area contributed by atoms with Gasteiger partial charge in [-0.1, -0.05) is 36.4 Å². The molecule has 0 radical (unpaired) electrons. The highest BCUT2D eigenvalue weighted by Crippen LogP contribution is 2.21. The van der Waals surface area contributed by atoms with Crippen LogP contribution in [0, 0.1) is 0 Å². The third-order valence-electron chi connectivity index (χ3n) is 4.50. The molecule has 2 aliphatic rings. The van der Waals surface area contributed by atoms with Crippen LogP contribution in [0.3, 0.4) is 0 Å². The van der Waals surface area contributed by atoms with Crippen LogP contribution in [0.25, 0.3) is 0 Å². The summed E-state index contributed by atoms with van der Waals surface area (Å²) in [4.78, 5) is 5.09. The first-order chi connectivity index (χ1) is 10.2. The zero-order chi connectivity index (χ0) is 14.7. The standard InChI is InChI=1S/C18H25N3/c1-16-7-6-10-18(2,19-16)21-13-11-20(12-14-21)15-17-8-4-3-5-9-17/h3-10,19H,11-15H2,1-2H3. The number of rotatable bonds is 3. The number of hydrogen-bond acceptors (Lipinski definition) is 3. The van der Waals surface area contributed by atoms with Crippen molar-refractivity contribution in [2.45, 2.75) is 26.1 Å². The van der Waals surface area contributed by atoms with E-state index in [1.165, 1.54) is 11.3 Å². The summed E-state index contributed by atoms with van der Waals surface area (Å²) in [5.41, 5.74) is 2.62. The third kappa shape index (κ3) is 3.36. The third-order valence-corrected chi connectivity index (χ3v) is 4.50. The number of nitrogens with zero attached hydrogens (tertiary/aromatic N) is 2. The van der Waals surface area contributed by atoms with Crippen molar-refractivity contribution >= 4 is 0 Å². The fraction of sp³-hybridized carbons (Fsp3) is 0.444. The molecule has 0 bridgehead atoms. The minimum atomic E-state index is -0.0301. The molecule has 2 aliphatic heterocycles. The van der Waals surface area contributed by atoms with Gasteiger partial charge in [-0.2, -0.15) is 0 Å². The van der Waals surface area contributed by atoms with Gasteiger partial charge in [-0.25, -0.2) is 0 Å². The van der Waals surface area contributed by atoms with Gasteiger partial charge in [0.05, 0.1) is 0 Å². The molecule has 2 heterocycles. The molecule has 1 aromatic rings. The highest BCUT2D eigenvalue weighted by Gasteiger charge is 2.32. The summed E-state index contributed by atoms with van der Waals surface area (Å²) in [7, 11) is 0. The van der Waals surface area contributed by atoms with Crippen LogP contribution in [-0.4, -0.2) is 41.6 Å². The second-order valence-electron chi connectivity index (χ2n) is 6.23. The Morgan fingerprint density at radius 3 is 2.48 bits per heavy atom. The Bertz CT molecular complexity index is 527. The minimum Gasteiger partial charge on any atom is -0.368 e. The van der Waals surface area contributed by atoms with Gasteiger partial charge < -0.3 is 5.32 Å². The SMILES string of the molecule is CC1=CC=CC(C)(N2CCN(Cc3ccccc3)CC2)N1. The molecule has 0 aliphatic carbocycles. The van der Waals surface area contributed by atoms with E-state index in [1.807, 2.05) is 0 Å². The van der Waals surface area contributed by atoms with Crippen molar-refractivity contribution < 1.29 is 0 Å². The molecular formula is C18H25N3. The summed E-state index contributed by atoms with van der Waals surface area (Å²) in [6, 6.07) is 10.8. The van der Waals surface area contributed by atoms with E-state index in [-0.39, 0.29) is 5.66 Å². The molecule has 0 amide bonds. The Hall–Kier alpha value is -1.58. The van der Waals surface area contributed by atoms with Crippen LogP contribution in [0.5, 0.6) is 0 Å². The van der Waals surface area contributed by atoms with Crippen molar-refractivity contribution in [3.63, 3.8) is 0 Å². The van der Waals surface area contributed by atoms with E-state index in [9.17, 15) is 0 Å². The minimum absolute atomic E-state index is 0.0301. The van der Waals surface area contributed by atoms with Gasteiger partial charge in [-0.05, 0) is 31.6 Å². The van der Waals surface area contributed by atoms with E-state index >= 15 is 0 Å². The van der Waals surface area contributed by atoms with Gasteiger partial charge in [-0.3, -0.25) is 9.80 Å². The molecule has 1 fully saturated rings. The van der Waals surface area contributed by atoms with Crippen molar-refractivity contribution in [1.29, 1.82) is 0 Å². The molecule has 0 saturated carbocycles. The Labute approximate surface area is 127 Å². The molecule has 1 saturated heterocycles. The number of hydrogen-bond donors (Lipinski definition) is 1. The van der Waals surface area contributed by atoms with E-state index in [2.05, 4.69) is 77.5 Å². The van der Waals surface area contributed by atoms with Crippen LogP contribution in [-0.2, 0) is 6.54 Å². The molecule has 0 aromatic heterocycles. The Balaban J connectivity index is 1.56.